The summed E-state index contributed by atoms with van der Waals surface area (Å²) in [4.78, 5) is 1.38. The van der Waals surface area contributed by atoms with Crippen LogP contribution in [0.1, 0.15) is 19.2 Å². The van der Waals surface area contributed by atoms with Crippen LogP contribution in [0.15, 0.2) is 94.7 Å². The van der Waals surface area contributed by atoms with Crippen molar-refractivity contribution in [2.24, 2.45) is 0 Å². The van der Waals surface area contributed by atoms with E-state index in [0.717, 1.165) is 21.5 Å². The third kappa shape index (κ3) is 5.30. The van der Waals surface area contributed by atoms with Crippen LogP contribution >= 0.6 is 0 Å². The summed E-state index contributed by atoms with van der Waals surface area (Å²) in [6, 6.07) is 22.0. The second kappa shape index (κ2) is 10.00. The van der Waals surface area contributed by atoms with Gasteiger partial charge >= 0.3 is 16.0 Å². The normalized spacial score (nSPS) is 15.2. The average molecular weight is 594 g/mol. The molecule has 10 nitrogen and oxygen atoms in total. The molecule has 0 aliphatic carbocycles. The number of rotatable bonds is 7. The van der Waals surface area contributed by atoms with Gasteiger partial charge in [-0.05, 0) is 41.0 Å². The molecule has 2 N–H and O–H groups in total. The lowest BCUT2D eigenvalue weighted by Gasteiger charge is -2.18. The highest BCUT2D eigenvalue weighted by Gasteiger charge is 2.32. The number of aromatic nitrogens is 1. The molecule has 0 bridgehead atoms. The Morgan fingerprint density at radius 3 is 2.22 bits per heavy atom. The predicted molar refractivity (Wildman–Crippen MR) is 155 cm³/mol. The second-order valence-corrected chi connectivity index (χ2v) is 12.5. The van der Waals surface area contributed by atoms with Gasteiger partial charge in [0.2, 0.25) is 11.5 Å². The third-order valence-electron chi connectivity index (χ3n) is 6.84. The fourth-order valence-electron chi connectivity index (χ4n) is 5.11. The summed E-state index contributed by atoms with van der Waals surface area (Å²) in [6.07, 6.45) is 3.65. The number of hydrogen-bond donors (Lipinski definition) is 2. The van der Waals surface area contributed by atoms with Gasteiger partial charge in [-0.15, -0.1) is 4.57 Å². The lowest BCUT2D eigenvalue weighted by atomic mass is 10.1. The van der Waals surface area contributed by atoms with Gasteiger partial charge in [-0.2, -0.15) is 16.8 Å². The molecule has 0 fully saturated rings. The Labute approximate surface area is 235 Å². The van der Waals surface area contributed by atoms with Crippen molar-refractivity contribution in [1.82, 2.24) is 0 Å². The van der Waals surface area contributed by atoms with Crippen molar-refractivity contribution in [3.8, 4) is 5.75 Å². The van der Waals surface area contributed by atoms with Crippen LogP contribution in [0.2, 0.25) is 0 Å². The smallest absolute Gasteiger partial charge is 0.375 e. The van der Waals surface area contributed by atoms with Gasteiger partial charge in [0.25, 0.3) is 21.5 Å². The molecule has 4 aromatic carbocycles. The summed E-state index contributed by atoms with van der Waals surface area (Å²) < 4.78 is 81.2. The first-order valence-electron chi connectivity index (χ1n) is 12.6. The van der Waals surface area contributed by atoms with Crippen molar-refractivity contribution in [2.75, 3.05) is 10.8 Å². The third-order valence-corrected chi connectivity index (χ3v) is 8.01. The molecule has 0 saturated heterocycles. The van der Waals surface area contributed by atoms with Gasteiger partial charge in [-0.25, -0.2) is 0 Å². The first kappa shape index (κ1) is 27.0. The maximum atomic E-state index is 12.0. The first-order chi connectivity index (χ1) is 19.5. The fourth-order valence-corrected chi connectivity index (χ4v) is 6.27. The van der Waals surface area contributed by atoms with Gasteiger partial charge in [0.1, 0.15) is 0 Å². The highest BCUT2D eigenvalue weighted by atomic mass is 32.2. The van der Waals surface area contributed by atoms with Crippen LogP contribution in [0.4, 0.5) is 5.69 Å². The van der Waals surface area contributed by atoms with Crippen molar-refractivity contribution in [3.63, 3.8) is 0 Å². The van der Waals surface area contributed by atoms with Crippen LogP contribution in [-0.2, 0) is 26.1 Å². The van der Waals surface area contributed by atoms with E-state index < -0.39 is 32.0 Å². The van der Waals surface area contributed by atoms with Crippen molar-refractivity contribution in [1.29, 1.82) is 0 Å². The van der Waals surface area contributed by atoms with Crippen LogP contribution < -0.4 is 14.2 Å². The zero-order chi connectivity index (χ0) is 28.9. The maximum absolute atomic E-state index is 12.0. The number of benzene rings is 4. The molecule has 0 atom stereocenters. The van der Waals surface area contributed by atoms with E-state index in [1.807, 2.05) is 67.6 Å². The Morgan fingerprint density at radius 2 is 1.54 bits per heavy atom. The molecule has 5 aromatic rings. The van der Waals surface area contributed by atoms with Crippen molar-refractivity contribution in [2.45, 2.75) is 19.2 Å². The zero-order valence-corrected chi connectivity index (χ0v) is 23.4. The predicted octanol–water partition coefficient (Wildman–Crippen LogP) is 5.25. The molecular formula is C29H25N2O8S2+. The summed E-state index contributed by atoms with van der Waals surface area (Å²) in [7, 11) is -8.90. The summed E-state index contributed by atoms with van der Waals surface area (Å²) >= 11 is 0. The van der Waals surface area contributed by atoms with E-state index in [9.17, 15) is 25.9 Å². The Kier molecular flexibility index (Phi) is 6.57. The Balaban J connectivity index is 1.52. The van der Waals surface area contributed by atoms with Gasteiger partial charge in [-0.1, -0.05) is 61.5 Å². The van der Waals surface area contributed by atoms with Gasteiger partial charge in [-0.3, -0.25) is 14.0 Å². The molecule has 0 saturated carbocycles. The van der Waals surface area contributed by atoms with E-state index in [2.05, 4.69) is 0 Å². The van der Waals surface area contributed by atoms with Crippen LogP contribution in [0, 0.1) is 0 Å². The summed E-state index contributed by atoms with van der Waals surface area (Å²) in [6.45, 7) is 1.86. The minimum absolute atomic E-state index is 0.157. The SMILES string of the molecule is CCC(/C=C1\Oc2ccc3ccccc3c2N1CS(=O)(=O)O)=C\c1oc2ccc3ccccc3c2[n+]1CS(=O)(=O)O. The lowest BCUT2D eigenvalue weighted by molar-refractivity contribution is -0.658. The van der Waals surface area contributed by atoms with E-state index in [0.29, 0.717) is 34.5 Å². The van der Waals surface area contributed by atoms with Crippen LogP contribution in [-0.4, -0.2) is 31.8 Å². The zero-order valence-electron chi connectivity index (χ0n) is 21.8. The maximum Gasteiger partial charge on any atom is 0.375 e. The first-order valence-corrected chi connectivity index (χ1v) is 15.9. The Hall–Kier alpha value is -4.23. The standard InChI is InChI=1S/C29H24N2O8S2/c1-2-19(15-26-30(17-40(32,33)34)28-22-9-5-3-7-20(22)11-13-24(28)38-26)16-27-31(18-41(35,36)37)29-23-10-6-4-8-21(23)12-14-25(29)39-27/h3-16H,2,17-18H2,1H3,(H-,32,33,34,35,36,37)/p+1. The topological polar surface area (TPSA) is 138 Å². The monoisotopic (exact) mass is 593 g/mol. The highest BCUT2D eigenvalue weighted by Crippen LogP contribution is 2.44. The van der Waals surface area contributed by atoms with Gasteiger partial charge < -0.3 is 9.15 Å². The van der Waals surface area contributed by atoms with E-state index in [1.54, 1.807) is 24.3 Å². The molecule has 6 rings (SSSR count). The molecule has 1 aromatic heterocycles. The molecule has 12 heteroatoms. The van der Waals surface area contributed by atoms with Crippen molar-refractivity contribution >= 4 is 64.6 Å². The second-order valence-electron chi connectivity index (χ2n) is 9.64. The summed E-state index contributed by atoms with van der Waals surface area (Å²) in [5, 5.41) is 3.22. The van der Waals surface area contributed by atoms with Gasteiger partial charge in [0.05, 0.1) is 17.1 Å². The van der Waals surface area contributed by atoms with E-state index >= 15 is 0 Å². The summed E-state index contributed by atoms with van der Waals surface area (Å²) in [5.41, 5.74) is 2.02. The van der Waals surface area contributed by atoms with Gasteiger partial charge in [0.15, 0.2) is 11.6 Å². The molecular weight excluding hydrogens is 568 g/mol. The van der Waals surface area contributed by atoms with E-state index in [4.69, 9.17) is 9.15 Å². The highest BCUT2D eigenvalue weighted by molar-refractivity contribution is 7.85. The molecule has 0 radical (unpaired) electrons. The number of hydrogen-bond acceptors (Lipinski definition) is 7. The molecule has 0 unspecified atom stereocenters. The quantitative estimate of drug-likeness (QED) is 0.191. The van der Waals surface area contributed by atoms with Crippen LogP contribution in [0.25, 0.3) is 38.7 Å². The summed E-state index contributed by atoms with van der Waals surface area (Å²) in [5.74, 6) is -0.743. The Morgan fingerprint density at radius 1 is 0.878 bits per heavy atom. The number of allylic oxidation sites excluding steroid dienone is 2. The van der Waals surface area contributed by atoms with Gasteiger partial charge in [0, 0.05) is 11.5 Å². The Bertz CT molecular complexity index is 2130. The molecule has 0 amide bonds. The van der Waals surface area contributed by atoms with Crippen LogP contribution in [0.5, 0.6) is 5.75 Å². The minimum Gasteiger partial charge on any atom is -0.439 e. The number of anilines is 1. The fraction of sp³-hybridized carbons (Fsp3) is 0.138. The molecule has 2 heterocycles. The lowest BCUT2D eigenvalue weighted by Crippen LogP contribution is -2.39. The number of ether oxygens (including phenoxy) is 1. The largest absolute Gasteiger partial charge is 0.439 e. The average Bonchev–Trinajstić information content (AvgIpc) is 3.43. The van der Waals surface area contributed by atoms with E-state index in [-0.39, 0.29) is 11.8 Å². The number of nitrogens with zero attached hydrogens (tertiary/aromatic N) is 2. The van der Waals surface area contributed by atoms with Crippen LogP contribution in [0.3, 0.4) is 0 Å². The molecule has 210 valence electrons. The molecule has 1 aliphatic rings. The molecule has 41 heavy (non-hydrogen) atoms. The van der Waals surface area contributed by atoms with Crippen molar-refractivity contribution < 1.29 is 39.7 Å². The molecule has 1 aliphatic heterocycles. The molecule has 0 spiro atoms. The van der Waals surface area contributed by atoms with Crippen molar-refractivity contribution in [3.05, 3.63) is 96.2 Å². The van der Waals surface area contributed by atoms with E-state index in [1.165, 1.54) is 9.47 Å². The number of oxazole rings is 1. The number of fused-ring (bicyclic) bond motifs is 6. The minimum atomic E-state index is -4.45.